The lowest BCUT2D eigenvalue weighted by atomic mass is 10.1. The van der Waals surface area contributed by atoms with Gasteiger partial charge in [-0.1, -0.05) is 18.5 Å². The lowest BCUT2D eigenvalue weighted by molar-refractivity contribution is -0.274. The van der Waals surface area contributed by atoms with Crippen molar-refractivity contribution in [3.8, 4) is 28.5 Å². The number of ether oxygens (including phenoxy) is 1. The van der Waals surface area contributed by atoms with E-state index in [-0.39, 0.29) is 22.2 Å². The Hall–Kier alpha value is -3.26. The number of alkyl halides is 6. The van der Waals surface area contributed by atoms with E-state index >= 15 is 0 Å². The number of nitrogens with zero attached hydrogens (tertiary/aromatic N) is 4. The second-order valence-electron chi connectivity index (χ2n) is 7.53. The van der Waals surface area contributed by atoms with Crippen molar-refractivity contribution in [3.63, 3.8) is 0 Å². The van der Waals surface area contributed by atoms with Gasteiger partial charge in [-0.3, -0.25) is 4.40 Å². The molecule has 0 bridgehead atoms. The molecular formula is C21H15ClF6N4O3S. The Morgan fingerprint density at radius 1 is 1.08 bits per heavy atom. The molecule has 36 heavy (non-hydrogen) atoms. The summed E-state index contributed by atoms with van der Waals surface area (Å²) in [6.45, 7) is 1.34. The largest absolute Gasteiger partial charge is 0.573 e. The molecule has 0 aliphatic rings. The number of benzene rings is 1. The minimum absolute atomic E-state index is 0.000948. The molecule has 0 fully saturated rings. The topological polar surface area (TPSA) is 78.5 Å². The molecule has 0 unspecified atom stereocenters. The molecule has 0 aliphatic carbocycles. The summed E-state index contributed by atoms with van der Waals surface area (Å²) in [5, 5.41) is -0.812. The van der Waals surface area contributed by atoms with E-state index in [1.807, 2.05) is 0 Å². The minimum atomic E-state index is -4.94. The van der Waals surface area contributed by atoms with Crippen molar-refractivity contribution in [1.82, 2.24) is 18.9 Å². The van der Waals surface area contributed by atoms with Gasteiger partial charge in [0.2, 0.25) is 0 Å². The van der Waals surface area contributed by atoms with Crippen molar-refractivity contribution in [2.75, 3.05) is 5.75 Å². The van der Waals surface area contributed by atoms with E-state index in [1.54, 1.807) is 0 Å². The molecule has 0 aliphatic heterocycles. The summed E-state index contributed by atoms with van der Waals surface area (Å²) in [7, 11) is -2.60. The van der Waals surface area contributed by atoms with Crippen LogP contribution in [-0.4, -0.2) is 39.5 Å². The van der Waals surface area contributed by atoms with E-state index in [1.165, 1.54) is 36.9 Å². The first kappa shape index (κ1) is 25.8. The zero-order valence-electron chi connectivity index (χ0n) is 18.3. The van der Waals surface area contributed by atoms with Crippen LogP contribution in [0.25, 0.3) is 28.4 Å². The number of sulfone groups is 1. The molecule has 7 nitrogen and oxygen atoms in total. The van der Waals surface area contributed by atoms with Gasteiger partial charge in [0.15, 0.2) is 20.7 Å². The monoisotopic (exact) mass is 552 g/mol. The predicted octanol–water partition coefficient (Wildman–Crippen LogP) is 5.77. The smallest absolute Gasteiger partial charge is 0.404 e. The maximum atomic E-state index is 13.3. The SMILES string of the molecule is CCS(=O)(=O)c1c(-c2ncc(-c3ccc(OC(F)(F)F)c(Cl)c3)n2C)nc2ccc(C(F)(F)F)cn12. The summed E-state index contributed by atoms with van der Waals surface area (Å²) < 4.78 is 109. The highest BCUT2D eigenvalue weighted by Gasteiger charge is 2.34. The second kappa shape index (κ2) is 8.69. The van der Waals surface area contributed by atoms with Crippen molar-refractivity contribution in [3.05, 3.63) is 53.3 Å². The molecule has 0 N–H and O–H groups in total. The maximum Gasteiger partial charge on any atom is 0.573 e. The first-order chi connectivity index (χ1) is 16.6. The standard InChI is InChI=1S/C21H15ClF6N4O3S/c1-3-36(33,34)19-17(30-16-7-5-12(10-32(16)19)20(23,24)25)18-29-9-14(31(18)2)11-4-6-15(13(22)8-11)35-21(26,27)28/h4-10H,3H2,1-2H3. The average Bonchev–Trinajstić information content (AvgIpc) is 3.33. The quantitative estimate of drug-likeness (QED) is 0.294. The number of hydrogen-bond donors (Lipinski definition) is 0. The third-order valence-electron chi connectivity index (χ3n) is 5.23. The molecular weight excluding hydrogens is 538 g/mol. The van der Waals surface area contributed by atoms with E-state index in [4.69, 9.17) is 11.6 Å². The number of fused-ring (bicyclic) bond motifs is 1. The molecule has 0 spiro atoms. The Labute approximate surface area is 204 Å². The first-order valence-electron chi connectivity index (χ1n) is 10.0. The van der Waals surface area contributed by atoms with Gasteiger partial charge >= 0.3 is 12.5 Å². The summed E-state index contributed by atoms with van der Waals surface area (Å²) in [5.41, 5.74) is -0.667. The molecule has 0 saturated heterocycles. The van der Waals surface area contributed by atoms with Crippen molar-refractivity contribution in [2.45, 2.75) is 24.5 Å². The van der Waals surface area contributed by atoms with Gasteiger partial charge in [0.05, 0.1) is 28.2 Å². The third kappa shape index (κ3) is 4.74. The number of imidazole rings is 2. The Kier molecular flexibility index (Phi) is 6.23. The average molecular weight is 553 g/mol. The molecule has 192 valence electrons. The van der Waals surface area contributed by atoms with Gasteiger partial charge in [-0.15, -0.1) is 13.2 Å². The summed E-state index contributed by atoms with van der Waals surface area (Å²) in [4.78, 5) is 8.42. The normalized spacial score (nSPS) is 12.9. The Bertz CT molecular complexity index is 1570. The van der Waals surface area contributed by atoms with Gasteiger partial charge in [-0.2, -0.15) is 13.2 Å². The summed E-state index contributed by atoms with van der Waals surface area (Å²) in [6, 6.07) is 5.33. The zero-order chi connectivity index (χ0) is 26.6. The summed E-state index contributed by atoms with van der Waals surface area (Å²) in [6.07, 6.45) is -7.71. The molecule has 3 heterocycles. The van der Waals surface area contributed by atoms with Crippen LogP contribution in [-0.2, 0) is 23.1 Å². The number of aromatic nitrogens is 4. The van der Waals surface area contributed by atoms with E-state index < -0.39 is 44.5 Å². The second-order valence-corrected chi connectivity index (χ2v) is 10.1. The molecule has 0 atom stereocenters. The predicted molar refractivity (Wildman–Crippen MR) is 117 cm³/mol. The van der Waals surface area contributed by atoms with Crippen LogP contribution in [0.3, 0.4) is 0 Å². The van der Waals surface area contributed by atoms with Crippen LogP contribution in [0.4, 0.5) is 26.3 Å². The van der Waals surface area contributed by atoms with Crippen LogP contribution in [0.15, 0.2) is 47.8 Å². The van der Waals surface area contributed by atoms with Crippen molar-refractivity contribution >= 4 is 27.1 Å². The van der Waals surface area contributed by atoms with Crippen LogP contribution in [0.5, 0.6) is 5.75 Å². The highest BCUT2D eigenvalue weighted by Crippen LogP contribution is 2.37. The minimum Gasteiger partial charge on any atom is -0.404 e. The molecule has 3 aromatic heterocycles. The van der Waals surface area contributed by atoms with Crippen molar-refractivity contribution < 1.29 is 39.5 Å². The molecule has 1 aromatic carbocycles. The molecule has 0 radical (unpaired) electrons. The Morgan fingerprint density at radius 3 is 2.36 bits per heavy atom. The maximum absolute atomic E-state index is 13.3. The van der Waals surface area contributed by atoms with Crippen molar-refractivity contribution in [2.24, 2.45) is 7.05 Å². The van der Waals surface area contributed by atoms with Crippen LogP contribution in [0.2, 0.25) is 5.02 Å². The van der Waals surface area contributed by atoms with Crippen LogP contribution in [0, 0.1) is 0 Å². The summed E-state index contributed by atoms with van der Waals surface area (Å²) in [5.74, 6) is -1.04. The third-order valence-corrected chi connectivity index (χ3v) is 7.26. The van der Waals surface area contributed by atoms with Gasteiger partial charge in [0, 0.05) is 18.8 Å². The first-order valence-corrected chi connectivity index (χ1v) is 12.0. The molecule has 4 rings (SSSR count). The van der Waals surface area contributed by atoms with Gasteiger partial charge in [0.25, 0.3) is 0 Å². The molecule has 15 heteroatoms. The van der Waals surface area contributed by atoms with E-state index in [2.05, 4.69) is 14.7 Å². The highest BCUT2D eigenvalue weighted by molar-refractivity contribution is 7.91. The molecule has 0 amide bonds. The molecule has 4 aromatic rings. The van der Waals surface area contributed by atoms with Crippen LogP contribution < -0.4 is 4.74 Å². The fourth-order valence-corrected chi connectivity index (χ4v) is 4.91. The Morgan fingerprint density at radius 2 is 1.78 bits per heavy atom. The van der Waals surface area contributed by atoms with E-state index in [0.717, 1.165) is 22.6 Å². The van der Waals surface area contributed by atoms with Gasteiger partial charge in [-0.25, -0.2) is 18.4 Å². The number of halogens is 7. The fraction of sp³-hybridized carbons (Fsp3) is 0.238. The Balaban J connectivity index is 1.88. The molecule has 0 saturated carbocycles. The summed E-state index contributed by atoms with van der Waals surface area (Å²) >= 11 is 5.93. The van der Waals surface area contributed by atoms with Crippen LogP contribution >= 0.6 is 11.6 Å². The lowest BCUT2D eigenvalue weighted by Gasteiger charge is -2.12. The van der Waals surface area contributed by atoms with Crippen molar-refractivity contribution in [1.29, 1.82) is 0 Å². The number of pyridine rings is 1. The van der Waals surface area contributed by atoms with Gasteiger partial charge in [-0.05, 0) is 30.3 Å². The van der Waals surface area contributed by atoms with E-state index in [0.29, 0.717) is 17.5 Å². The van der Waals surface area contributed by atoms with Crippen LogP contribution in [0.1, 0.15) is 12.5 Å². The number of hydrogen-bond acceptors (Lipinski definition) is 5. The van der Waals surface area contributed by atoms with E-state index in [9.17, 15) is 34.8 Å². The van der Waals surface area contributed by atoms with Gasteiger partial charge in [0.1, 0.15) is 17.1 Å². The fourth-order valence-electron chi connectivity index (χ4n) is 3.54. The highest BCUT2D eigenvalue weighted by atomic mass is 35.5. The van der Waals surface area contributed by atoms with Gasteiger partial charge < -0.3 is 9.30 Å². The lowest BCUT2D eigenvalue weighted by Crippen LogP contribution is -2.17. The number of rotatable bonds is 5. The zero-order valence-corrected chi connectivity index (χ0v) is 19.9.